The summed E-state index contributed by atoms with van der Waals surface area (Å²) < 4.78 is 36.7. The van der Waals surface area contributed by atoms with E-state index in [1.807, 2.05) is 12.1 Å². The number of carbonyl (C=O) groups excluding carboxylic acids is 1. The van der Waals surface area contributed by atoms with Crippen molar-refractivity contribution in [2.45, 2.75) is 54.6 Å². The van der Waals surface area contributed by atoms with Crippen molar-refractivity contribution in [3.8, 4) is 5.75 Å². The smallest absolute Gasteiger partial charge is 0.337 e. The van der Waals surface area contributed by atoms with Crippen LogP contribution in [-0.2, 0) is 25.7 Å². The minimum absolute atomic E-state index is 0.0755. The molecule has 0 atom stereocenters. The van der Waals surface area contributed by atoms with Crippen LogP contribution in [-0.4, -0.2) is 28.6 Å². The molecule has 0 amide bonds. The monoisotopic (exact) mass is 454 g/mol. The van der Waals surface area contributed by atoms with E-state index < -0.39 is 15.8 Å². The number of hydrogen-bond donors (Lipinski definition) is 0. The van der Waals surface area contributed by atoms with Gasteiger partial charge in [0.2, 0.25) is 0 Å². The summed E-state index contributed by atoms with van der Waals surface area (Å²) >= 11 is 0. The summed E-state index contributed by atoms with van der Waals surface area (Å²) in [5.41, 5.74) is 2.45. The molecular weight excluding hydrogens is 424 g/mol. The molecule has 2 aromatic carbocycles. The molecule has 6 rings (SSSR count). The van der Waals surface area contributed by atoms with E-state index >= 15 is 0 Å². The van der Waals surface area contributed by atoms with Crippen molar-refractivity contribution in [2.24, 2.45) is 17.8 Å². The van der Waals surface area contributed by atoms with Gasteiger partial charge in [-0.05, 0) is 97.6 Å². The van der Waals surface area contributed by atoms with Crippen molar-refractivity contribution in [2.75, 3.05) is 14.2 Å². The third-order valence-corrected chi connectivity index (χ3v) is 9.57. The highest BCUT2D eigenvalue weighted by Crippen LogP contribution is 2.62. The van der Waals surface area contributed by atoms with E-state index in [-0.39, 0.29) is 16.1 Å². The molecule has 170 valence electrons. The highest BCUT2D eigenvalue weighted by atomic mass is 32.2. The molecule has 32 heavy (non-hydrogen) atoms. The van der Waals surface area contributed by atoms with Crippen LogP contribution < -0.4 is 4.74 Å². The summed E-state index contributed by atoms with van der Waals surface area (Å²) in [6.07, 6.45) is 7.66. The third-order valence-electron chi connectivity index (χ3n) is 7.86. The predicted octanol–water partition coefficient (Wildman–Crippen LogP) is 4.92. The number of esters is 1. The second-order valence-electron chi connectivity index (χ2n) is 10.0. The molecule has 0 spiro atoms. The van der Waals surface area contributed by atoms with Crippen LogP contribution in [0.5, 0.6) is 5.75 Å². The Morgan fingerprint density at radius 2 is 1.53 bits per heavy atom. The summed E-state index contributed by atoms with van der Waals surface area (Å²) in [5, 5.41) is 0. The lowest BCUT2D eigenvalue weighted by atomic mass is 9.48. The topological polar surface area (TPSA) is 69.7 Å². The maximum Gasteiger partial charge on any atom is 0.337 e. The number of benzene rings is 2. The molecule has 0 aliphatic heterocycles. The molecule has 0 aromatic heterocycles. The van der Waals surface area contributed by atoms with Gasteiger partial charge in [-0.15, -0.1) is 0 Å². The van der Waals surface area contributed by atoms with Gasteiger partial charge in [0.1, 0.15) is 5.75 Å². The molecule has 4 fully saturated rings. The normalized spacial score (nSPS) is 28.5. The third kappa shape index (κ3) is 3.72. The van der Waals surface area contributed by atoms with Crippen molar-refractivity contribution >= 4 is 15.8 Å². The molecule has 0 heterocycles. The zero-order valence-corrected chi connectivity index (χ0v) is 19.5. The van der Waals surface area contributed by atoms with E-state index in [0.29, 0.717) is 5.56 Å². The highest BCUT2D eigenvalue weighted by Gasteiger charge is 2.52. The largest absolute Gasteiger partial charge is 0.496 e. The molecule has 4 aliphatic rings. The van der Waals surface area contributed by atoms with Gasteiger partial charge < -0.3 is 9.47 Å². The van der Waals surface area contributed by atoms with Gasteiger partial charge in [0.15, 0.2) is 9.84 Å². The van der Waals surface area contributed by atoms with Crippen molar-refractivity contribution in [1.29, 1.82) is 0 Å². The zero-order chi connectivity index (χ0) is 22.5. The van der Waals surface area contributed by atoms with Gasteiger partial charge in [-0.1, -0.05) is 12.1 Å². The molecule has 0 radical (unpaired) electrons. The summed E-state index contributed by atoms with van der Waals surface area (Å²) in [6, 6.07) is 11.8. The number of hydrogen-bond acceptors (Lipinski definition) is 5. The van der Waals surface area contributed by atoms with Crippen molar-refractivity contribution in [1.82, 2.24) is 0 Å². The molecule has 0 unspecified atom stereocenters. The van der Waals surface area contributed by atoms with Crippen LogP contribution in [0.3, 0.4) is 0 Å². The molecule has 4 saturated carbocycles. The Bertz CT molecular complexity index is 1100. The van der Waals surface area contributed by atoms with Crippen LogP contribution >= 0.6 is 0 Å². The number of ether oxygens (including phenoxy) is 2. The minimum Gasteiger partial charge on any atom is -0.496 e. The Labute approximate surface area is 190 Å². The number of carbonyl (C=O) groups is 1. The summed E-state index contributed by atoms with van der Waals surface area (Å²) in [4.78, 5) is 11.8. The van der Waals surface area contributed by atoms with Crippen LogP contribution in [0.1, 0.15) is 60.0 Å². The minimum atomic E-state index is -3.55. The second-order valence-corrected chi connectivity index (χ2v) is 12.0. The molecular formula is C26H30O5S. The van der Waals surface area contributed by atoms with Crippen LogP contribution in [0.15, 0.2) is 47.4 Å². The summed E-state index contributed by atoms with van der Waals surface area (Å²) in [6.45, 7) is 0. The molecule has 6 heteroatoms. The Morgan fingerprint density at radius 3 is 2.06 bits per heavy atom. The fourth-order valence-corrected chi connectivity index (χ4v) is 8.25. The van der Waals surface area contributed by atoms with Gasteiger partial charge in [0.25, 0.3) is 0 Å². The summed E-state index contributed by atoms with van der Waals surface area (Å²) in [5.74, 6) is 2.72. The van der Waals surface area contributed by atoms with Crippen LogP contribution in [0, 0.1) is 17.8 Å². The first kappa shape index (κ1) is 21.5. The molecule has 2 aromatic rings. The van der Waals surface area contributed by atoms with Gasteiger partial charge in [-0.25, -0.2) is 13.2 Å². The summed E-state index contributed by atoms with van der Waals surface area (Å²) in [7, 11) is -0.537. The molecule has 0 N–H and O–H groups in total. The first-order valence-electron chi connectivity index (χ1n) is 11.4. The van der Waals surface area contributed by atoms with Gasteiger partial charge in [0, 0.05) is 5.56 Å². The van der Waals surface area contributed by atoms with Crippen LogP contribution in [0.2, 0.25) is 0 Å². The van der Waals surface area contributed by atoms with E-state index in [0.717, 1.165) is 29.1 Å². The molecule has 4 bridgehead atoms. The van der Waals surface area contributed by atoms with Crippen molar-refractivity contribution in [3.63, 3.8) is 0 Å². The maximum atomic E-state index is 13.1. The van der Waals surface area contributed by atoms with Crippen LogP contribution in [0.25, 0.3) is 0 Å². The van der Waals surface area contributed by atoms with E-state index in [1.165, 1.54) is 75.5 Å². The molecule has 5 nitrogen and oxygen atoms in total. The quantitative estimate of drug-likeness (QED) is 0.579. The Morgan fingerprint density at radius 1 is 0.938 bits per heavy atom. The van der Waals surface area contributed by atoms with E-state index in [1.54, 1.807) is 7.11 Å². The molecule has 0 saturated heterocycles. The average molecular weight is 455 g/mol. The number of sulfone groups is 1. The van der Waals surface area contributed by atoms with Gasteiger partial charge >= 0.3 is 5.97 Å². The van der Waals surface area contributed by atoms with E-state index in [9.17, 15) is 13.2 Å². The first-order chi connectivity index (χ1) is 15.3. The highest BCUT2D eigenvalue weighted by molar-refractivity contribution is 7.90. The lowest BCUT2D eigenvalue weighted by molar-refractivity contribution is -0.00618. The van der Waals surface area contributed by atoms with E-state index in [2.05, 4.69) is 6.07 Å². The van der Waals surface area contributed by atoms with Crippen molar-refractivity contribution in [3.05, 3.63) is 59.2 Å². The first-order valence-corrected chi connectivity index (χ1v) is 13.1. The van der Waals surface area contributed by atoms with Gasteiger partial charge in [0.05, 0.1) is 30.4 Å². The lowest BCUT2D eigenvalue weighted by Gasteiger charge is -2.57. The number of rotatable bonds is 6. The Kier molecular flexibility index (Phi) is 5.31. The Balaban J connectivity index is 1.45. The fourth-order valence-electron chi connectivity index (χ4n) is 6.92. The Hall–Kier alpha value is -2.34. The lowest BCUT2D eigenvalue weighted by Crippen LogP contribution is -2.48. The average Bonchev–Trinajstić information content (AvgIpc) is 2.77. The number of methoxy groups -OCH3 is 2. The predicted molar refractivity (Wildman–Crippen MR) is 122 cm³/mol. The molecule has 4 aliphatic carbocycles. The standard InChI is InChI=1S/C26H30O5S/c1-30-24-8-3-17(16-32(28,29)22-6-4-21(5-7-22)25(27)31-2)12-23(24)26-13-18-9-19(14-26)11-20(10-18)15-26/h3-8,12,18-20H,9-11,13-16H2,1-2H3. The van der Waals surface area contributed by atoms with E-state index in [4.69, 9.17) is 9.47 Å². The van der Waals surface area contributed by atoms with Crippen molar-refractivity contribution < 1.29 is 22.7 Å². The maximum absolute atomic E-state index is 13.1. The fraction of sp³-hybridized carbons (Fsp3) is 0.500. The second kappa shape index (κ2) is 7.91. The van der Waals surface area contributed by atoms with Gasteiger partial charge in [-0.2, -0.15) is 0 Å². The zero-order valence-electron chi connectivity index (χ0n) is 18.7. The van der Waals surface area contributed by atoms with Crippen LogP contribution in [0.4, 0.5) is 0 Å². The SMILES string of the molecule is COC(=O)c1ccc(S(=O)(=O)Cc2ccc(OC)c(C34CC5CC(CC(C5)C3)C4)c2)cc1. The van der Waals surface area contributed by atoms with Gasteiger partial charge in [-0.3, -0.25) is 0 Å².